The first-order valence-corrected chi connectivity index (χ1v) is 6.61. The van der Waals surface area contributed by atoms with Crippen molar-refractivity contribution in [2.45, 2.75) is 0 Å². The molecule has 1 N–H and O–H groups in total. The van der Waals surface area contributed by atoms with E-state index >= 15 is 0 Å². The molecular formula is C18H14O3. The van der Waals surface area contributed by atoms with Gasteiger partial charge in [-0.1, -0.05) is 54.6 Å². The molecule has 0 aromatic heterocycles. The zero-order chi connectivity index (χ0) is 14.8. The highest BCUT2D eigenvalue weighted by molar-refractivity contribution is 6.05. The Labute approximate surface area is 122 Å². The quantitative estimate of drug-likeness (QED) is 0.721. The largest absolute Gasteiger partial charge is 0.507 e. The molecule has 0 amide bonds. The molecule has 0 bridgehead atoms. The van der Waals surface area contributed by atoms with Gasteiger partial charge in [-0.05, 0) is 22.4 Å². The van der Waals surface area contributed by atoms with E-state index in [0.29, 0.717) is 5.56 Å². The van der Waals surface area contributed by atoms with Crippen molar-refractivity contribution < 1.29 is 14.6 Å². The lowest BCUT2D eigenvalue weighted by atomic mass is 9.94. The van der Waals surface area contributed by atoms with E-state index in [1.165, 1.54) is 13.2 Å². The molecule has 0 spiro atoms. The summed E-state index contributed by atoms with van der Waals surface area (Å²) in [6.45, 7) is 0. The molecule has 0 saturated carbocycles. The second-order valence-corrected chi connectivity index (χ2v) is 4.72. The molecule has 3 aromatic carbocycles. The van der Waals surface area contributed by atoms with Gasteiger partial charge in [-0.25, -0.2) is 4.79 Å². The lowest BCUT2D eigenvalue weighted by Gasteiger charge is -2.12. The Bertz CT molecular complexity index is 816. The van der Waals surface area contributed by atoms with Crippen LogP contribution in [0.15, 0.2) is 60.7 Å². The molecule has 0 aliphatic heterocycles. The zero-order valence-corrected chi connectivity index (χ0v) is 11.5. The number of phenolic OH excluding ortho intramolecular Hbond substituents is 1. The molecule has 0 heterocycles. The molecule has 104 valence electrons. The van der Waals surface area contributed by atoms with Gasteiger partial charge in [-0.15, -0.1) is 0 Å². The van der Waals surface area contributed by atoms with Crippen LogP contribution in [0.1, 0.15) is 10.4 Å². The third-order valence-corrected chi connectivity index (χ3v) is 3.51. The van der Waals surface area contributed by atoms with Gasteiger partial charge in [0.1, 0.15) is 11.3 Å². The van der Waals surface area contributed by atoms with E-state index in [-0.39, 0.29) is 11.3 Å². The summed E-state index contributed by atoms with van der Waals surface area (Å²) in [5.74, 6) is -0.622. The minimum atomic E-state index is -0.545. The van der Waals surface area contributed by atoms with Crippen molar-refractivity contribution >= 4 is 16.7 Å². The minimum Gasteiger partial charge on any atom is -0.507 e. The summed E-state index contributed by atoms with van der Waals surface area (Å²) in [6, 6.07) is 18.8. The number of benzene rings is 3. The lowest BCUT2D eigenvalue weighted by Crippen LogP contribution is -2.04. The number of carbonyl (C=O) groups is 1. The average Bonchev–Trinajstić information content (AvgIpc) is 2.53. The Morgan fingerprint density at radius 2 is 1.57 bits per heavy atom. The van der Waals surface area contributed by atoms with Crippen LogP contribution in [0.25, 0.3) is 21.9 Å². The summed E-state index contributed by atoms with van der Waals surface area (Å²) in [4.78, 5) is 12.0. The standard InChI is InChI=1S/C18H14O3/c1-21-18(20)17-15(10-5-11-16(17)19)14-9-4-7-12-6-2-3-8-13(12)14/h2-11,19H,1H3. The van der Waals surface area contributed by atoms with E-state index in [1.807, 2.05) is 48.5 Å². The molecule has 3 nitrogen and oxygen atoms in total. The van der Waals surface area contributed by atoms with Gasteiger partial charge in [0.15, 0.2) is 0 Å². The monoisotopic (exact) mass is 278 g/mol. The minimum absolute atomic E-state index is 0.0766. The third kappa shape index (κ3) is 2.23. The number of methoxy groups -OCH3 is 1. The van der Waals surface area contributed by atoms with E-state index in [4.69, 9.17) is 4.74 Å². The molecule has 21 heavy (non-hydrogen) atoms. The van der Waals surface area contributed by atoms with E-state index in [2.05, 4.69) is 0 Å². The van der Waals surface area contributed by atoms with Crippen LogP contribution in [0, 0.1) is 0 Å². The number of aromatic hydroxyl groups is 1. The van der Waals surface area contributed by atoms with E-state index in [0.717, 1.165) is 16.3 Å². The molecule has 3 heteroatoms. The zero-order valence-electron chi connectivity index (χ0n) is 11.5. The molecule has 3 rings (SSSR count). The highest BCUT2D eigenvalue weighted by atomic mass is 16.5. The molecule has 0 saturated heterocycles. The maximum absolute atomic E-state index is 12.0. The van der Waals surface area contributed by atoms with Crippen LogP contribution in [0.5, 0.6) is 5.75 Å². The number of hydrogen-bond acceptors (Lipinski definition) is 3. The van der Waals surface area contributed by atoms with Gasteiger partial charge in [-0.2, -0.15) is 0 Å². The topological polar surface area (TPSA) is 46.5 Å². The number of hydrogen-bond donors (Lipinski definition) is 1. The van der Waals surface area contributed by atoms with Crippen LogP contribution in [0.2, 0.25) is 0 Å². The predicted octanol–water partition coefficient (Wildman–Crippen LogP) is 4.00. The smallest absolute Gasteiger partial charge is 0.342 e. The Balaban J connectivity index is 2.34. The number of carbonyl (C=O) groups excluding carboxylic acids is 1. The number of fused-ring (bicyclic) bond motifs is 1. The molecule has 0 unspecified atom stereocenters. The first kappa shape index (κ1) is 13.2. The van der Waals surface area contributed by atoms with Crippen molar-refractivity contribution in [1.29, 1.82) is 0 Å². The fraction of sp³-hybridized carbons (Fsp3) is 0.0556. The summed E-state index contributed by atoms with van der Waals surface area (Å²) >= 11 is 0. The summed E-state index contributed by atoms with van der Waals surface area (Å²) < 4.78 is 4.79. The number of phenols is 1. The second kappa shape index (κ2) is 5.29. The highest BCUT2D eigenvalue weighted by Gasteiger charge is 2.18. The maximum atomic E-state index is 12.0. The van der Waals surface area contributed by atoms with Crippen LogP contribution in [0.4, 0.5) is 0 Å². The first-order chi connectivity index (χ1) is 10.2. The molecular weight excluding hydrogens is 264 g/mol. The van der Waals surface area contributed by atoms with E-state index in [1.54, 1.807) is 6.07 Å². The number of rotatable bonds is 2. The van der Waals surface area contributed by atoms with Gasteiger partial charge in [-0.3, -0.25) is 0 Å². The molecule has 0 radical (unpaired) electrons. The first-order valence-electron chi connectivity index (χ1n) is 6.61. The molecule has 0 atom stereocenters. The average molecular weight is 278 g/mol. The van der Waals surface area contributed by atoms with Crippen molar-refractivity contribution in [2.75, 3.05) is 7.11 Å². The number of ether oxygens (including phenoxy) is 1. The van der Waals surface area contributed by atoms with Crippen LogP contribution < -0.4 is 0 Å². The summed E-state index contributed by atoms with van der Waals surface area (Å²) in [7, 11) is 1.31. The Kier molecular flexibility index (Phi) is 3.32. The molecule has 0 aliphatic rings. The van der Waals surface area contributed by atoms with Crippen LogP contribution in [-0.4, -0.2) is 18.2 Å². The predicted molar refractivity (Wildman–Crippen MR) is 82.4 cm³/mol. The van der Waals surface area contributed by atoms with Crippen molar-refractivity contribution in [3.05, 3.63) is 66.2 Å². The van der Waals surface area contributed by atoms with Gasteiger partial charge in [0, 0.05) is 5.56 Å². The van der Waals surface area contributed by atoms with Crippen LogP contribution >= 0.6 is 0 Å². The summed E-state index contributed by atoms with van der Waals surface area (Å²) in [5, 5.41) is 12.1. The highest BCUT2D eigenvalue weighted by Crippen LogP contribution is 2.34. The normalized spacial score (nSPS) is 10.5. The second-order valence-electron chi connectivity index (χ2n) is 4.72. The van der Waals surface area contributed by atoms with Crippen molar-refractivity contribution in [3.8, 4) is 16.9 Å². The molecule has 0 fully saturated rings. The Hall–Kier alpha value is -2.81. The summed E-state index contributed by atoms with van der Waals surface area (Å²) in [6.07, 6.45) is 0. The van der Waals surface area contributed by atoms with Gasteiger partial charge in [0.2, 0.25) is 0 Å². The van der Waals surface area contributed by atoms with Crippen molar-refractivity contribution in [1.82, 2.24) is 0 Å². The maximum Gasteiger partial charge on any atom is 0.342 e. The molecule has 0 aliphatic carbocycles. The van der Waals surface area contributed by atoms with E-state index < -0.39 is 5.97 Å². The van der Waals surface area contributed by atoms with Gasteiger partial charge in [0.05, 0.1) is 7.11 Å². The van der Waals surface area contributed by atoms with Crippen molar-refractivity contribution in [2.24, 2.45) is 0 Å². The fourth-order valence-electron chi connectivity index (χ4n) is 2.54. The van der Waals surface area contributed by atoms with Crippen molar-refractivity contribution in [3.63, 3.8) is 0 Å². The van der Waals surface area contributed by atoms with E-state index in [9.17, 15) is 9.90 Å². The van der Waals surface area contributed by atoms with Gasteiger partial charge < -0.3 is 9.84 Å². The lowest BCUT2D eigenvalue weighted by molar-refractivity contribution is 0.0598. The fourth-order valence-corrected chi connectivity index (χ4v) is 2.54. The molecule has 3 aromatic rings. The van der Waals surface area contributed by atoms with Gasteiger partial charge in [0.25, 0.3) is 0 Å². The van der Waals surface area contributed by atoms with Gasteiger partial charge >= 0.3 is 5.97 Å². The summed E-state index contributed by atoms with van der Waals surface area (Å²) in [5.41, 5.74) is 1.75. The van der Waals surface area contributed by atoms with Crippen LogP contribution in [0.3, 0.4) is 0 Å². The number of esters is 1. The SMILES string of the molecule is COC(=O)c1c(O)cccc1-c1cccc2ccccc12. The third-order valence-electron chi connectivity index (χ3n) is 3.51. The Morgan fingerprint density at radius 1 is 0.905 bits per heavy atom. The van der Waals surface area contributed by atoms with Crippen LogP contribution in [-0.2, 0) is 4.74 Å². The Morgan fingerprint density at radius 3 is 2.38 bits per heavy atom.